The van der Waals surface area contributed by atoms with Crippen LogP contribution < -0.4 is 11.1 Å². The van der Waals surface area contributed by atoms with E-state index in [1.54, 1.807) is 6.92 Å². The van der Waals surface area contributed by atoms with E-state index in [0.29, 0.717) is 18.4 Å². The standard InChI is InChI=1S/C11H22N2O2.ClH/c1-7(2)10-9(4-5-15-10)6-13-11(14)8(3)12;/h7-10H,4-6,12H2,1-3H3,(H,13,14);1H. The van der Waals surface area contributed by atoms with Crippen LogP contribution in [0.1, 0.15) is 27.2 Å². The van der Waals surface area contributed by atoms with Gasteiger partial charge in [0.1, 0.15) is 0 Å². The van der Waals surface area contributed by atoms with Gasteiger partial charge in [0.05, 0.1) is 12.1 Å². The molecule has 0 aromatic rings. The van der Waals surface area contributed by atoms with Gasteiger partial charge in [-0.15, -0.1) is 12.4 Å². The predicted octanol–water partition coefficient (Wildman–Crippen LogP) is 0.933. The maximum atomic E-state index is 11.3. The molecule has 1 saturated heterocycles. The second kappa shape index (κ2) is 7.09. The molecule has 1 aliphatic rings. The molecule has 3 unspecified atom stereocenters. The number of carbonyl (C=O) groups is 1. The third-order valence-electron chi connectivity index (χ3n) is 2.87. The highest BCUT2D eigenvalue weighted by atomic mass is 35.5. The first-order valence-corrected chi connectivity index (χ1v) is 5.67. The summed E-state index contributed by atoms with van der Waals surface area (Å²) in [6.07, 6.45) is 1.31. The van der Waals surface area contributed by atoms with Crippen molar-refractivity contribution in [3.8, 4) is 0 Å². The normalized spacial score (nSPS) is 26.3. The van der Waals surface area contributed by atoms with Crippen molar-refractivity contribution in [2.75, 3.05) is 13.2 Å². The summed E-state index contributed by atoms with van der Waals surface area (Å²) in [6.45, 7) is 7.48. The van der Waals surface area contributed by atoms with E-state index in [0.717, 1.165) is 13.0 Å². The van der Waals surface area contributed by atoms with Crippen LogP contribution >= 0.6 is 12.4 Å². The zero-order valence-electron chi connectivity index (χ0n) is 10.2. The zero-order chi connectivity index (χ0) is 11.4. The fourth-order valence-corrected chi connectivity index (χ4v) is 2.00. The van der Waals surface area contributed by atoms with Gasteiger partial charge in [0, 0.05) is 19.1 Å². The van der Waals surface area contributed by atoms with Gasteiger partial charge in [0.2, 0.25) is 5.91 Å². The summed E-state index contributed by atoms with van der Waals surface area (Å²) in [7, 11) is 0. The summed E-state index contributed by atoms with van der Waals surface area (Å²) < 4.78 is 5.64. The second-order valence-corrected chi connectivity index (χ2v) is 4.66. The first-order valence-electron chi connectivity index (χ1n) is 5.67. The second-order valence-electron chi connectivity index (χ2n) is 4.66. The third kappa shape index (κ3) is 4.28. The molecule has 3 atom stereocenters. The van der Waals surface area contributed by atoms with Gasteiger partial charge in [-0.2, -0.15) is 0 Å². The van der Waals surface area contributed by atoms with Crippen LogP contribution in [-0.4, -0.2) is 31.2 Å². The van der Waals surface area contributed by atoms with Gasteiger partial charge in [-0.3, -0.25) is 4.79 Å². The minimum atomic E-state index is -0.426. The summed E-state index contributed by atoms with van der Waals surface area (Å²) in [5.41, 5.74) is 5.47. The Kier molecular flexibility index (Phi) is 6.95. The van der Waals surface area contributed by atoms with E-state index in [1.807, 2.05) is 0 Å². The Morgan fingerprint density at radius 2 is 2.12 bits per heavy atom. The van der Waals surface area contributed by atoms with Crippen LogP contribution in [0, 0.1) is 11.8 Å². The van der Waals surface area contributed by atoms with Gasteiger partial charge >= 0.3 is 0 Å². The topological polar surface area (TPSA) is 64.4 Å². The number of rotatable bonds is 4. The molecule has 1 heterocycles. The summed E-state index contributed by atoms with van der Waals surface area (Å²) in [6, 6.07) is -0.426. The lowest BCUT2D eigenvalue weighted by atomic mass is 9.93. The highest BCUT2D eigenvalue weighted by Gasteiger charge is 2.30. The monoisotopic (exact) mass is 250 g/mol. The van der Waals surface area contributed by atoms with Crippen molar-refractivity contribution in [3.05, 3.63) is 0 Å². The van der Waals surface area contributed by atoms with E-state index < -0.39 is 6.04 Å². The lowest BCUT2D eigenvalue weighted by Gasteiger charge is -2.22. The molecule has 0 spiro atoms. The summed E-state index contributed by atoms with van der Waals surface area (Å²) in [5.74, 6) is 0.863. The Morgan fingerprint density at radius 1 is 1.50 bits per heavy atom. The lowest BCUT2D eigenvalue weighted by molar-refractivity contribution is -0.122. The smallest absolute Gasteiger partial charge is 0.236 e. The molecular weight excluding hydrogens is 228 g/mol. The van der Waals surface area contributed by atoms with Gasteiger partial charge in [-0.05, 0) is 19.3 Å². The average Bonchev–Trinajstić information content (AvgIpc) is 2.61. The molecule has 1 aliphatic heterocycles. The van der Waals surface area contributed by atoms with Crippen LogP contribution in [0.4, 0.5) is 0 Å². The molecule has 96 valence electrons. The van der Waals surface area contributed by atoms with Crippen LogP contribution in [0.5, 0.6) is 0 Å². The third-order valence-corrected chi connectivity index (χ3v) is 2.87. The molecule has 0 aliphatic carbocycles. The molecule has 1 rings (SSSR count). The Labute approximate surface area is 104 Å². The van der Waals surface area contributed by atoms with Crippen LogP contribution in [0.2, 0.25) is 0 Å². The van der Waals surface area contributed by atoms with Gasteiger partial charge in [-0.25, -0.2) is 0 Å². The van der Waals surface area contributed by atoms with E-state index in [4.69, 9.17) is 10.5 Å². The molecule has 0 aromatic heterocycles. The van der Waals surface area contributed by atoms with Crippen LogP contribution in [0.25, 0.3) is 0 Å². The molecule has 0 aromatic carbocycles. The highest BCUT2D eigenvalue weighted by molar-refractivity contribution is 5.85. The van der Waals surface area contributed by atoms with Crippen molar-refractivity contribution in [2.24, 2.45) is 17.6 Å². The quantitative estimate of drug-likeness (QED) is 0.780. The maximum Gasteiger partial charge on any atom is 0.236 e. The summed E-state index contributed by atoms with van der Waals surface area (Å²) in [5, 5.41) is 2.86. The van der Waals surface area contributed by atoms with E-state index in [-0.39, 0.29) is 24.4 Å². The molecule has 16 heavy (non-hydrogen) atoms. The first-order chi connectivity index (χ1) is 7.02. The van der Waals surface area contributed by atoms with Crippen molar-refractivity contribution >= 4 is 18.3 Å². The number of hydrogen-bond donors (Lipinski definition) is 2. The van der Waals surface area contributed by atoms with Crippen molar-refractivity contribution < 1.29 is 9.53 Å². The fourth-order valence-electron chi connectivity index (χ4n) is 2.00. The summed E-state index contributed by atoms with van der Waals surface area (Å²) in [4.78, 5) is 11.3. The molecule has 3 N–H and O–H groups in total. The van der Waals surface area contributed by atoms with E-state index in [2.05, 4.69) is 19.2 Å². The van der Waals surface area contributed by atoms with E-state index >= 15 is 0 Å². The van der Waals surface area contributed by atoms with E-state index in [9.17, 15) is 4.79 Å². The molecule has 0 bridgehead atoms. The number of halogens is 1. The van der Waals surface area contributed by atoms with Crippen molar-refractivity contribution in [3.63, 3.8) is 0 Å². The Balaban J connectivity index is 0.00000225. The van der Waals surface area contributed by atoms with E-state index in [1.165, 1.54) is 0 Å². The van der Waals surface area contributed by atoms with Crippen LogP contribution in [-0.2, 0) is 9.53 Å². The van der Waals surface area contributed by atoms with Crippen molar-refractivity contribution in [1.29, 1.82) is 0 Å². The Bertz CT molecular complexity index is 222. The number of nitrogens with one attached hydrogen (secondary N) is 1. The van der Waals surface area contributed by atoms with Gasteiger partial charge < -0.3 is 15.8 Å². The molecular formula is C11H23ClN2O2. The van der Waals surface area contributed by atoms with Crippen molar-refractivity contribution in [1.82, 2.24) is 5.32 Å². The van der Waals surface area contributed by atoms with Crippen molar-refractivity contribution in [2.45, 2.75) is 39.3 Å². The minimum Gasteiger partial charge on any atom is -0.378 e. The average molecular weight is 251 g/mol. The first kappa shape index (κ1) is 15.7. The SMILES string of the molecule is CC(N)C(=O)NCC1CCOC1C(C)C.Cl. The number of ether oxygens (including phenoxy) is 1. The van der Waals surface area contributed by atoms with Gasteiger partial charge in [0.25, 0.3) is 0 Å². The molecule has 0 radical (unpaired) electrons. The molecule has 0 saturated carbocycles. The molecule has 5 heteroatoms. The molecule has 1 fully saturated rings. The number of carbonyl (C=O) groups excluding carboxylic acids is 1. The number of hydrogen-bond acceptors (Lipinski definition) is 3. The Morgan fingerprint density at radius 3 is 2.62 bits per heavy atom. The predicted molar refractivity (Wildman–Crippen MR) is 66.6 cm³/mol. The largest absolute Gasteiger partial charge is 0.378 e. The lowest BCUT2D eigenvalue weighted by Crippen LogP contribution is -2.42. The molecule has 4 nitrogen and oxygen atoms in total. The van der Waals surface area contributed by atoms with Crippen LogP contribution in [0.3, 0.4) is 0 Å². The number of amides is 1. The minimum absolute atomic E-state index is 0. The Hall–Kier alpha value is -0.320. The van der Waals surface area contributed by atoms with Gasteiger partial charge in [0.15, 0.2) is 0 Å². The van der Waals surface area contributed by atoms with Gasteiger partial charge in [-0.1, -0.05) is 13.8 Å². The number of nitrogens with two attached hydrogens (primary N) is 1. The summed E-state index contributed by atoms with van der Waals surface area (Å²) >= 11 is 0. The van der Waals surface area contributed by atoms with Crippen LogP contribution in [0.15, 0.2) is 0 Å². The zero-order valence-corrected chi connectivity index (χ0v) is 11.0. The molecule has 1 amide bonds. The highest BCUT2D eigenvalue weighted by Crippen LogP contribution is 2.25. The maximum absolute atomic E-state index is 11.3. The fraction of sp³-hybridized carbons (Fsp3) is 0.909.